The zero-order valence-electron chi connectivity index (χ0n) is 13.2. The minimum absolute atomic E-state index is 1.10. The molecule has 1 aliphatic carbocycles. The summed E-state index contributed by atoms with van der Waals surface area (Å²) in [4.78, 5) is 0. The van der Waals surface area contributed by atoms with Crippen LogP contribution in [0.15, 0.2) is 86.0 Å². The lowest BCUT2D eigenvalue weighted by Crippen LogP contribution is -1.77. The van der Waals surface area contributed by atoms with Gasteiger partial charge in [0.05, 0.1) is 0 Å². The van der Waals surface area contributed by atoms with E-state index in [-0.39, 0.29) is 0 Å². The van der Waals surface area contributed by atoms with E-state index in [0.29, 0.717) is 0 Å². The minimum atomic E-state index is 1.10. The molecule has 0 saturated carbocycles. The summed E-state index contributed by atoms with van der Waals surface area (Å²) < 4.78 is 0. The van der Waals surface area contributed by atoms with Gasteiger partial charge in [0.2, 0.25) is 0 Å². The molecule has 0 heteroatoms. The lowest BCUT2D eigenvalue weighted by Gasteiger charge is -1.98. The van der Waals surface area contributed by atoms with Crippen molar-refractivity contribution < 1.29 is 0 Å². The van der Waals surface area contributed by atoms with Gasteiger partial charge in [-0.2, -0.15) is 0 Å². The van der Waals surface area contributed by atoms with Gasteiger partial charge >= 0.3 is 0 Å². The molecule has 0 amide bonds. The first-order chi connectivity index (χ1) is 11.3. The molecule has 0 bridgehead atoms. The van der Waals surface area contributed by atoms with Crippen molar-refractivity contribution in [2.75, 3.05) is 0 Å². The second-order valence-corrected chi connectivity index (χ2v) is 5.53. The van der Waals surface area contributed by atoms with Crippen LogP contribution in [0, 0.1) is 0 Å². The standard InChI is InChI=1S/C13H10.C10H10/c1-3-7-12-10(5-1)9-11-6-2-4-8-13(11)12;1-3-9-7-5-6-8-10(9)4-2/h1-8H,9H2;3-8H,1-2H2. The maximum atomic E-state index is 3.69. The smallest absolute Gasteiger partial charge is 0.00135 e. The second-order valence-electron chi connectivity index (χ2n) is 5.53. The molecule has 0 unspecified atom stereocenters. The highest BCUT2D eigenvalue weighted by Gasteiger charge is 2.15. The molecule has 0 spiro atoms. The molecule has 0 fully saturated rings. The normalized spacial score (nSPS) is 10.8. The van der Waals surface area contributed by atoms with Crippen LogP contribution >= 0.6 is 0 Å². The summed E-state index contributed by atoms with van der Waals surface area (Å²) in [7, 11) is 0. The van der Waals surface area contributed by atoms with E-state index in [0.717, 1.165) is 17.5 Å². The summed E-state index contributed by atoms with van der Waals surface area (Å²) >= 11 is 0. The van der Waals surface area contributed by atoms with Gasteiger partial charge in [-0.15, -0.1) is 0 Å². The number of benzene rings is 3. The van der Waals surface area contributed by atoms with Crippen LogP contribution in [0.3, 0.4) is 0 Å². The average Bonchev–Trinajstić information content (AvgIpc) is 3.01. The number of hydrogen-bond donors (Lipinski definition) is 0. The van der Waals surface area contributed by atoms with Gasteiger partial charge < -0.3 is 0 Å². The van der Waals surface area contributed by atoms with Gasteiger partial charge in [-0.3, -0.25) is 0 Å². The summed E-state index contributed by atoms with van der Waals surface area (Å²) in [6.45, 7) is 7.38. The molecule has 0 radical (unpaired) electrons. The molecule has 0 aromatic heterocycles. The summed E-state index contributed by atoms with van der Waals surface area (Å²) in [5.74, 6) is 0. The molecule has 23 heavy (non-hydrogen) atoms. The van der Waals surface area contributed by atoms with E-state index in [1.165, 1.54) is 22.3 Å². The van der Waals surface area contributed by atoms with Gasteiger partial charge in [0.25, 0.3) is 0 Å². The third-order valence-electron chi connectivity index (χ3n) is 4.14. The molecule has 0 heterocycles. The highest BCUT2D eigenvalue weighted by Crippen LogP contribution is 2.35. The van der Waals surface area contributed by atoms with Gasteiger partial charge in [0.1, 0.15) is 0 Å². The predicted molar refractivity (Wildman–Crippen MR) is 101 cm³/mol. The fourth-order valence-corrected chi connectivity index (χ4v) is 2.96. The Hall–Kier alpha value is -2.86. The number of fused-ring (bicyclic) bond motifs is 3. The van der Waals surface area contributed by atoms with Crippen LogP contribution in [-0.4, -0.2) is 0 Å². The average molecular weight is 296 g/mol. The highest BCUT2D eigenvalue weighted by atomic mass is 14.2. The lowest BCUT2D eigenvalue weighted by atomic mass is 10.1. The molecule has 4 rings (SSSR count). The van der Waals surface area contributed by atoms with E-state index in [1.54, 1.807) is 0 Å². The summed E-state index contributed by atoms with van der Waals surface area (Å²) in [5.41, 5.74) is 8.03. The van der Waals surface area contributed by atoms with Crippen molar-refractivity contribution in [3.05, 3.63) is 108 Å². The van der Waals surface area contributed by atoms with E-state index in [4.69, 9.17) is 0 Å². The van der Waals surface area contributed by atoms with Crippen LogP contribution in [0.25, 0.3) is 23.3 Å². The SMILES string of the molecule is C=Cc1ccccc1C=C.c1ccc2c(c1)Cc1ccccc1-2. The Kier molecular flexibility index (Phi) is 4.54. The fraction of sp³-hybridized carbons (Fsp3) is 0.0435. The summed E-state index contributed by atoms with van der Waals surface area (Å²) in [6.07, 6.45) is 4.76. The van der Waals surface area contributed by atoms with Gasteiger partial charge in [0, 0.05) is 0 Å². The minimum Gasteiger partial charge on any atom is -0.0984 e. The molecule has 0 atom stereocenters. The van der Waals surface area contributed by atoms with Crippen molar-refractivity contribution in [1.82, 2.24) is 0 Å². The molecule has 1 aliphatic rings. The van der Waals surface area contributed by atoms with E-state index >= 15 is 0 Å². The Labute approximate surface area is 138 Å². The highest BCUT2D eigenvalue weighted by molar-refractivity contribution is 5.76. The Bertz CT molecular complexity index is 769. The molecular weight excluding hydrogens is 276 g/mol. The van der Waals surface area contributed by atoms with Crippen molar-refractivity contribution in [2.24, 2.45) is 0 Å². The Morgan fingerprint density at radius 2 is 0.957 bits per heavy atom. The van der Waals surface area contributed by atoms with Crippen LogP contribution in [-0.2, 0) is 6.42 Å². The Morgan fingerprint density at radius 3 is 1.39 bits per heavy atom. The van der Waals surface area contributed by atoms with Gasteiger partial charge in [0.15, 0.2) is 0 Å². The van der Waals surface area contributed by atoms with Crippen LogP contribution in [0.4, 0.5) is 0 Å². The Balaban J connectivity index is 0.000000142. The van der Waals surface area contributed by atoms with Gasteiger partial charge in [-0.1, -0.05) is 98.1 Å². The van der Waals surface area contributed by atoms with E-state index in [2.05, 4.69) is 61.7 Å². The maximum Gasteiger partial charge on any atom is -0.00135 e. The molecule has 0 N–H and O–H groups in total. The Morgan fingerprint density at radius 1 is 0.565 bits per heavy atom. The van der Waals surface area contributed by atoms with Crippen LogP contribution in [0.1, 0.15) is 22.3 Å². The number of hydrogen-bond acceptors (Lipinski definition) is 0. The fourth-order valence-electron chi connectivity index (χ4n) is 2.96. The van der Waals surface area contributed by atoms with E-state index in [9.17, 15) is 0 Å². The van der Waals surface area contributed by atoms with Crippen molar-refractivity contribution >= 4 is 12.2 Å². The third-order valence-corrected chi connectivity index (χ3v) is 4.14. The van der Waals surface area contributed by atoms with Gasteiger partial charge in [-0.25, -0.2) is 0 Å². The monoisotopic (exact) mass is 296 g/mol. The molecular formula is C23H20. The first-order valence-corrected chi connectivity index (χ1v) is 7.83. The zero-order chi connectivity index (χ0) is 16.1. The molecule has 0 nitrogen and oxygen atoms in total. The van der Waals surface area contributed by atoms with Crippen LogP contribution in [0.2, 0.25) is 0 Å². The number of rotatable bonds is 2. The van der Waals surface area contributed by atoms with Crippen LogP contribution in [0.5, 0.6) is 0 Å². The first kappa shape index (κ1) is 15.1. The van der Waals surface area contributed by atoms with Crippen molar-refractivity contribution in [3.63, 3.8) is 0 Å². The largest absolute Gasteiger partial charge is 0.0984 e. The van der Waals surface area contributed by atoms with Crippen molar-refractivity contribution in [3.8, 4) is 11.1 Å². The molecule has 3 aromatic rings. The molecule has 0 saturated heterocycles. The van der Waals surface area contributed by atoms with Crippen molar-refractivity contribution in [2.45, 2.75) is 6.42 Å². The lowest BCUT2D eigenvalue weighted by molar-refractivity contribution is 1.26. The summed E-state index contributed by atoms with van der Waals surface area (Å²) in [5, 5.41) is 0. The van der Waals surface area contributed by atoms with Gasteiger partial charge in [-0.05, 0) is 39.8 Å². The second kappa shape index (κ2) is 6.93. The van der Waals surface area contributed by atoms with E-state index in [1.807, 2.05) is 36.4 Å². The van der Waals surface area contributed by atoms with Crippen LogP contribution < -0.4 is 0 Å². The van der Waals surface area contributed by atoms with E-state index < -0.39 is 0 Å². The first-order valence-electron chi connectivity index (χ1n) is 7.83. The predicted octanol–water partition coefficient (Wildman–Crippen LogP) is 6.23. The molecule has 3 aromatic carbocycles. The maximum absolute atomic E-state index is 3.69. The topological polar surface area (TPSA) is 0 Å². The zero-order valence-corrected chi connectivity index (χ0v) is 13.2. The third kappa shape index (κ3) is 3.17. The van der Waals surface area contributed by atoms with Crippen molar-refractivity contribution in [1.29, 1.82) is 0 Å². The molecule has 0 aliphatic heterocycles. The summed E-state index contributed by atoms with van der Waals surface area (Å²) in [6, 6.07) is 25.3. The molecule has 112 valence electrons. The quantitative estimate of drug-likeness (QED) is 0.411.